The predicted octanol–water partition coefficient (Wildman–Crippen LogP) is 3.02. The van der Waals surface area contributed by atoms with Gasteiger partial charge in [-0.25, -0.2) is 0 Å². The second-order valence-electron chi connectivity index (χ2n) is 7.55. The summed E-state index contributed by atoms with van der Waals surface area (Å²) in [4.78, 5) is 15.2. The Kier molecular flexibility index (Phi) is 4.31. The van der Waals surface area contributed by atoms with Gasteiger partial charge in [0.05, 0.1) is 19.2 Å². The Hall–Kier alpha value is -1.10. The molecule has 2 aliphatic heterocycles. The van der Waals surface area contributed by atoms with E-state index in [0.29, 0.717) is 24.1 Å². The third-order valence-electron chi connectivity index (χ3n) is 6.06. The molecule has 2 heterocycles. The monoisotopic (exact) mass is 348 g/mol. The van der Waals surface area contributed by atoms with Crippen molar-refractivity contribution >= 4 is 17.5 Å². The van der Waals surface area contributed by atoms with Gasteiger partial charge in [0.25, 0.3) is 0 Å². The molecule has 1 spiro atoms. The van der Waals surface area contributed by atoms with Gasteiger partial charge < -0.3 is 15.0 Å². The molecule has 1 aromatic carbocycles. The van der Waals surface area contributed by atoms with E-state index in [2.05, 4.69) is 12.2 Å². The fourth-order valence-corrected chi connectivity index (χ4v) is 4.62. The number of amides is 1. The highest BCUT2D eigenvalue weighted by atomic mass is 35.5. The first kappa shape index (κ1) is 16.4. The maximum Gasteiger partial charge on any atom is 0.226 e. The van der Waals surface area contributed by atoms with E-state index >= 15 is 0 Å². The van der Waals surface area contributed by atoms with Crippen molar-refractivity contribution in [1.29, 1.82) is 0 Å². The standard InChI is InChI=1S/C19H25ClN2O2/c1-13-12-24-17(14-4-2-3-5-16(14)20)11-22(13)18(23)15-10-19(15)6-8-21-9-7-19/h2-5,13,15,17,21H,6-12H2,1H3/t13-,15-,17-/m1/s1. The van der Waals surface area contributed by atoms with Crippen molar-refractivity contribution in [2.45, 2.75) is 38.3 Å². The molecule has 3 fully saturated rings. The Labute approximate surface area is 148 Å². The van der Waals surface area contributed by atoms with E-state index in [4.69, 9.17) is 16.3 Å². The molecule has 130 valence electrons. The van der Waals surface area contributed by atoms with Crippen LogP contribution in [0.15, 0.2) is 24.3 Å². The molecule has 0 aromatic heterocycles. The molecule has 3 aliphatic rings. The van der Waals surface area contributed by atoms with Gasteiger partial charge in [-0.2, -0.15) is 0 Å². The van der Waals surface area contributed by atoms with Gasteiger partial charge in [-0.05, 0) is 50.8 Å². The molecule has 1 aromatic rings. The maximum absolute atomic E-state index is 13.1. The zero-order chi connectivity index (χ0) is 16.7. The first-order chi connectivity index (χ1) is 11.6. The number of benzene rings is 1. The van der Waals surface area contributed by atoms with Crippen molar-refractivity contribution in [2.75, 3.05) is 26.2 Å². The number of hydrogen-bond donors (Lipinski definition) is 1. The van der Waals surface area contributed by atoms with E-state index in [-0.39, 0.29) is 23.5 Å². The van der Waals surface area contributed by atoms with E-state index in [1.807, 2.05) is 29.2 Å². The molecule has 1 N–H and O–H groups in total. The van der Waals surface area contributed by atoms with E-state index in [0.717, 1.165) is 37.9 Å². The lowest BCUT2D eigenvalue weighted by atomic mass is 9.91. The van der Waals surface area contributed by atoms with Crippen LogP contribution in [0.3, 0.4) is 0 Å². The molecule has 4 rings (SSSR count). The van der Waals surface area contributed by atoms with Gasteiger partial charge in [-0.3, -0.25) is 4.79 Å². The fourth-order valence-electron chi connectivity index (χ4n) is 4.36. The first-order valence-electron chi connectivity index (χ1n) is 8.98. The lowest BCUT2D eigenvalue weighted by Crippen LogP contribution is -2.49. The lowest BCUT2D eigenvalue weighted by Gasteiger charge is -2.39. The summed E-state index contributed by atoms with van der Waals surface area (Å²) >= 11 is 6.32. The summed E-state index contributed by atoms with van der Waals surface area (Å²) in [7, 11) is 0. The number of nitrogens with one attached hydrogen (secondary N) is 1. The van der Waals surface area contributed by atoms with Crippen LogP contribution in [-0.4, -0.2) is 43.1 Å². The molecule has 0 radical (unpaired) electrons. The van der Waals surface area contributed by atoms with E-state index in [1.165, 1.54) is 0 Å². The number of halogens is 1. The highest BCUT2D eigenvalue weighted by molar-refractivity contribution is 6.31. The third-order valence-corrected chi connectivity index (χ3v) is 6.40. The molecule has 2 saturated heterocycles. The molecule has 0 bridgehead atoms. The van der Waals surface area contributed by atoms with Gasteiger partial charge in [0.2, 0.25) is 5.91 Å². The van der Waals surface area contributed by atoms with Crippen LogP contribution < -0.4 is 5.32 Å². The normalized spacial score (nSPS) is 31.9. The number of ether oxygens (including phenoxy) is 1. The number of nitrogens with zero attached hydrogens (tertiary/aromatic N) is 1. The molecule has 24 heavy (non-hydrogen) atoms. The Morgan fingerprint density at radius 1 is 1.33 bits per heavy atom. The van der Waals surface area contributed by atoms with Crippen LogP contribution in [0.4, 0.5) is 0 Å². The highest BCUT2D eigenvalue weighted by Gasteiger charge is 2.59. The summed E-state index contributed by atoms with van der Waals surface area (Å²) in [6.45, 7) is 5.35. The van der Waals surface area contributed by atoms with Crippen molar-refractivity contribution in [3.63, 3.8) is 0 Å². The minimum absolute atomic E-state index is 0.124. The van der Waals surface area contributed by atoms with Crippen LogP contribution in [0.1, 0.15) is 37.9 Å². The van der Waals surface area contributed by atoms with Crippen molar-refractivity contribution < 1.29 is 9.53 Å². The van der Waals surface area contributed by atoms with E-state index in [1.54, 1.807) is 0 Å². The van der Waals surface area contributed by atoms with Crippen LogP contribution in [0.5, 0.6) is 0 Å². The molecular weight excluding hydrogens is 324 g/mol. The highest BCUT2D eigenvalue weighted by Crippen LogP contribution is 2.59. The summed E-state index contributed by atoms with van der Waals surface area (Å²) in [5.74, 6) is 0.539. The zero-order valence-electron chi connectivity index (χ0n) is 14.1. The molecule has 5 heteroatoms. The van der Waals surface area contributed by atoms with Crippen LogP contribution in [0.25, 0.3) is 0 Å². The molecule has 1 amide bonds. The van der Waals surface area contributed by atoms with Gasteiger partial charge >= 0.3 is 0 Å². The zero-order valence-corrected chi connectivity index (χ0v) is 14.9. The Morgan fingerprint density at radius 2 is 2.08 bits per heavy atom. The average Bonchev–Trinajstić information content (AvgIpc) is 3.29. The van der Waals surface area contributed by atoms with Crippen LogP contribution >= 0.6 is 11.6 Å². The predicted molar refractivity (Wildman–Crippen MR) is 94.0 cm³/mol. The topological polar surface area (TPSA) is 41.6 Å². The van der Waals surface area contributed by atoms with Gasteiger partial charge in [0.15, 0.2) is 0 Å². The van der Waals surface area contributed by atoms with Crippen molar-refractivity contribution in [2.24, 2.45) is 11.3 Å². The van der Waals surface area contributed by atoms with Crippen molar-refractivity contribution in [3.05, 3.63) is 34.9 Å². The van der Waals surface area contributed by atoms with Gasteiger partial charge in [0, 0.05) is 16.5 Å². The number of piperidine rings is 1. The Balaban J connectivity index is 1.48. The first-order valence-corrected chi connectivity index (χ1v) is 9.36. The lowest BCUT2D eigenvalue weighted by molar-refractivity contribution is -0.147. The van der Waals surface area contributed by atoms with Gasteiger partial charge in [-0.1, -0.05) is 29.8 Å². The fraction of sp³-hybridized carbons (Fsp3) is 0.632. The van der Waals surface area contributed by atoms with Gasteiger partial charge in [-0.15, -0.1) is 0 Å². The van der Waals surface area contributed by atoms with Crippen LogP contribution in [0.2, 0.25) is 5.02 Å². The van der Waals surface area contributed by atoms with Crippen molar-refractivity contribution in [1.82, 2.24) is 10.2 Å². The summed E-state index contributed by atoms with van der Waals surface area (Å²) in [6.07, 6.45) is 3.21. The quantitative estimate of drug-likeness (QED) is 0.893. The van der Waals surface area contributed by atoms with Crippen molar-refractivity contribution in [3.8, 4) is 0 Å². The minimum atomic E-state index is -0.124. The number of carbonyl (C=O) groups is 1. The molecule has 0 unspecified atom stereocenters. The molecule has 1 saturated carbocycles. The van der Waals surface area contributed by atoms with Crippen LogP contribution in [-0.2, 0) is 9.53 Å². The summed E-state index contributed by atoms with van der Waals surface area (Å²) in [6, 6.07) is 7.91. The molecule has 1 aliphatic carbocycles. The van der Waals surface area contributed by atoms with Gasteiger partial charge in [0.1, 0.15) is 6.10 Å². The maximum atomic E-state index is 13.1. The molecular formula is C19H25ClN2O2. The number of rotatable bonds is 2. The SMILES string of the molecule is C[C@@H]1CO[C@@H](c2ccccc2Cl)CN1C(=O)[C@H]1CC12CCNCC2. The third kappa shape index (κ3) is 2.85. The van der Waals surface area contributed by atoms with E-state index < -0.39 is 0 Å². The Bertz CT molecular complexity index is 630. The minimum Gasteiger partial charge on any atom is -0.369 e. The average molecular weight is 349 g/mol. The summed E-state index contributed by atoms with van der Waals surface area (Å²) < 4.78 is 5.99. The second kappa shape index (κ2) is 6.32. The second-order valence-corrected chi connectivity index (χ2v) is 7.96. The number of hydrogen-bond acceptors (Lipinski definition) is 3. The summed E-state index contributed by atoms with van der Waals surface area (Å²) in [5.41, 5.74) is 1.26. The number of carbonyl (C=O) groups excluding carboxylic acids is 1. The molecule has 3 atom stereocenters. The van der Waals surface area contributed by atoms with Crippen LogP contribution in [0, 0.1) is 11.3 Å². The van der Waals surface area contributed by atoms with E-state index in [9.17, 15) is 4.79 Å². The Morgan fingerprint density at radius 3 is 2.83 bits per heavy atom. The largest absolute Gasteiger partial charge is 0.369 e. The smallest absolute Gasteiger partial charge is 0.226 e. The molecule has 4 nitrogen and oxygen atoms in total. The number of morpholine rings is 1. The summed E-state index contributed by atoms with van der Waals surface area (Å²) in [5, 5.41) is 4.12.